The van der Waals surface area contributed by atoms with Crippen LogP contribution in [0.5, 0.6) is 0 Å². The summed E-state index contributed by atoms with van der Waals surface area (Å²) >= 11 is 0. The SMILES string of the molecule is Cn1ccc(-c2cnc(CCN)o2)c1. The van der Waals surface area contributed by atoms with Crippen LogP contribution in [0, 0.1) is 0 Å². The molecule has 2 aromatic rings. The Morgan fingerprint density at radius 1 is 1.57 bits per heavy atom. The summed E-state index contributed by atoms with van der Waals surface area (Å²) in [6, 6.07) is 1.99. The number of rotatable bonds is 3. The van der Waals surface area contributed by atoms with Crippen LogP contribution in [0.1, 0.15) is 5.89 Å². The van der Waals surface area contributed by atoms with Gasteiger partial charge in [-0.05, 0) is 6.07 Å². The van der Waals surface area contributed by atoms with E-state index in [0.29, 0.717) is 18.9 Å². The van der Waals surface area contributed by atoms with Crippen molar-refractivity contribution in [3.8, 4) is 11.3 Å². The molecule has 0 amide bonds. The molecule has 0 bridgehead atoms. The average molecular weight is 191 g/mol. The van der Waals surface area contributed by atoms with Crippen molar-refractivity contribution >= 4 is 0 Å². The molecule has 2 N–H and O–H groups in total. The van der Waals surface area contributed by atoms with E-state index in [2.05, 4.69) is 4.98 Å². The minimum absolute atomic E-state index is 0.564. The van der Waals surface area contributed by atoms with Gasteiger partial charge in [0.1, 0.15) is 0 Å². The van der Waals surface area contributed by atoms with Gasteiger partial charge in [-0.15, -0.1) is 0 Å². The van der Waals surface area contributed by atoms with Gasteiger partial charge in [0.15, 0.2) is 11.7 Å². The summed E-state index contributed by atoms with van der Waals surface area (Å²) in [5.74, 6) is 1.50. The molecule has 0 aliphatic rings. The van der Waals surface area contributed by atoms with Gasteiger partial charge in [-0.25, -0.2) is 4.98 Å². The maximum Gasteiger partial charge on any atom is 0.196 e. The number of nitrogens with two attached hydrogens (primary N) is 1. The van der Waals surface area contributed by atoms with Crippen molar-refractivity contribution in [2.24, 2.45) is 12.8 Å². The highest BCUT2D eigenvalue weighted by Gasteiger charge is 2.05. The lowest BCUT2D eigenvalue weighted by Gasteiger charge is -1.90. The third-order valence-corrected chi connectivity index (χ3v) is 2.03. The number of oxazole rings is 1. The Kier molecular flexibility index (Phi) is 2.37. The van der Waals surface area contributed by atoms with Gasteiger partial charge in [-0.3, -0.25) is 0 Å². The average Bonchev–Trinajstić information content (AvgIpc) is 2.74. The first-order chi connectivity index (χ1) is 6.79. The second-order valence-electron chi connectivity index (χ2n) is 3.22. The molecule has 0 saturated carbocycles. The minimum Gasteiger partial charge on any atom is -0.441 e. The van der Waals surface area contributed by atoms with Crippen molar-refractivity contribution < 1.29 is 4.42 Å². The van der Waals surface area contributed by atoms with Gasteiger partial charge in [0.25, 0.3) is 0 Å². The number of nitrogens with zero attached hydrogens (tertiary/aromatic N) is 2. The van der Waals surface area contributed by atoms with E-state index in [4.69, 9.17) is 10.2 Å². The Morgan fingerprint density at radius 3 is 3.07 bits per heavy atom. The first-order valence-electron chi connectivity index (χ1n) is 4.56. The van der Waals surface area contributed by atoms with E-state index < -0.39 is 0 Å². The molecule has 74 valence electrons. The summed E-state index contributed by atoms with van der Waals surface area (Å²) in [6.45, 7) is 0.564. The van der Waals surface area contributed by atoms with Crippen LogP contribution >= 0.6 is 0 Å². The molecular weight excluding hydrogens is 178 g/mol. The zero-order valence-corrected chi connectivity index (χ0v) is 8.10. The topological polar surface area (TPSA) is 57.0 Å². The predicted octanol–water partition coefficient (Wildman–Crippen LogP) is 1.18. The highest BCUT2D eigenvalue weighted by molar-refractivity contribution is 5.55. The summed E-state index contributed by atoms with van der Waals surface area (Å²) < 4.78 is 7.49. The molecule has 4 nitrogen and oxygen atoms in total. The third kappa shape index (κ3) is 1.70. The van der Waals surface area contributed by atoms with E-state index in [-0.39, 0.29) is 0 Å². The Bertz CT molecular complexity index is 416. The van der Waals surface area contributed by atoms with Gasteiger partial charge < -0.3 is 14.7 Å². The van der Waals surface area contributed by atoms with Crippen LogP contribution < -0.4 is 5.73 Å². The van der Waals surface area contributed by atoms with Crippen LogP contribution in [0.25, 0.3) is 11.3 Å². The molecule has 2 rings (SSSR count). The fourth-order valence-electron chi connectivity index (χ4n) is 1.33. The molecule has 0 atom stereocenters. The highest BCUT2D eigenvalue weighted by atomic mass is 16.4. The number of hydrogen-bond acceptors (Lipinski definition) is 3. The van der Waals surface area contributed by atoms with Crippen LogP contribution in [0.2, 0.25) is 0 Å². The van der Waals surface area contributed by atoms with Crippen LogP contribution in [0.15, 0.2) is 29.1 Å². The second-order valence-corrected chi connectivity index (χ2v) is 3.22. The summed E-state index contributed by atoms with van der Waals surface area (Å²) in [5.41, 5.74) is 6.45. The van der Waals surface area contributed by atoms with E-state index in [1.165, 1.54) is 0 Å². The lowest BCUT2D eigenvalue weighted by atomic mass is 10.3. The predicted molar refractivity (Wildman–Crippen MR) is 53.7 cm³/mol. The van der Waals surface area contributed by atoms with Crippen molar-refractivity contribution in [1.29, 1.82) is 0 Å². The summed E-state index contributed by atoms with van der Waals surface area (Å²) in [6.07, 6.45) is 6.39. The number of aromatic nitrogens is 2. The maximum absolute atomic E-state index is 5.52. The molecule has 0 spiro atoms. The fraction of sp³-hybridized carbons (Fsp3) is 0.300. The molecule has 4 heteroatoms. The van der Waals surface area contributed by atoms with Crippen LogP contribution in [-0.2, 0) is 13.5 Å². The second kappa shape index (κ2) is 3.67. The molecule has 0 aliphatic heterocycles. The number of hydrogen-bond donors (Lipinski definition) is 1. The molecule has 2 aromatic heterocycles. The quantitative estimate of drug-likeness (QED) is 0.792. The van der Waals surface area contributed by atoms with Gasteiger partial charge in [-0.2, -0.15) is 0 Å². The molecule has 0 aliphatic carbocycles. The van der Waals surface area contributed by atoms with Crippen LogP contribution in [0.3, 0.4) is 0 Å². The molecule has 0 aromatic carbocycles. The lowest BCUT2D eigenvalue weighted by Crippen LogP contribution is -2.02. The van der Waals surface area contributed by atoms with E-state index in [0.717, 1.165) is 11.3 Å². The molecular formula is C10H13N3O. The first-order valence-corrected chi connectivity index (χ1v) is 4.56. The van der Waals surface area contributed by atoms with E-state index in [1.807, 2.05) is 30.1 Å². The molecule has 0 radical (unpaired) electrons. The summed E-state index contributed by atoms with van der Waals surface area (Å²) in [5, 5.41) is 0. The Labute approximate surface area is 82.4 Å². The Morgan fingerprint density at radius 2 is 2.43 bits per heavy atom. The van der Waals surface area contributed by atoms with Gasteiger partial charge >= 0.3 is 0 Å². The van der Waals surface area contributed by atoms with Gasteiger partial charge in [0.05, 0.1) is 6.20 Å². The van der Waals surface area contributed by atoms with Crippen molar-refractivity contribution in [3.63, 3.8) is 0 Å². The molecule has 14 heavy (non-hydrogen) atoms. The Balaban J connectivity index is 2.24. The van der Waals surface area contributed by atoms with E-state index in [9.17, 15) is 0 Å². The third-order valence-electron chi connectivity index (χ3n) is 2.03. The van der Waals surface area contributed by atoms with Crippen molar-refractivity contribution in [2.45, 2.75) is 6.42 Å². The van der Waals surface area contributed by atoms with Crippen LogP contribution in [0.4, 0.5) is 0 Å². The largest absolute Gasteiger partial charge is 0.441 e. The minimum atomic E-state index is 0.564. The standard InChI is InChI=1S/C10H13N3O/c1-13-5-3-8(7-13)9-6-12-10(14-9)2-4-11/h3,5-7H,2,4,11H2,1H3. The zero-order valence-electron chi connectivity index (χ0n) is 8.10. The molecule has 0 fully saturated rings. The summed E-state index contributed by atoms with van der Waals surface area (Å²) in [4.78, 5) is 4.14. The first kappa shape index (κ1) is 9.02. The van der Waals surface area contributed by atoms with Crippen LogP contribution in [-0.4, -0.2) is 16.1 Å². The molecule has 2 heterocycles. The van der Waals surface area contributed by atoms with Gasteiger partial charge in [-0.1, -0.05) is 0 Å². The maximum atomic E-state index is 5.52. The fourth-order valence-corrected chi connectivity index (χ4v) is 1.33. The zero-order chi connectivity index (χ0) is 9.97. The lowest BCUT2D eigenvalue weighted by molar-refractivity contribution is 0.508. The smallest absolute Gasteiger partial charge is 0.196 e. The van der Waals surface area contributed by atoms with Gasteiger partial charge in [0, 0.05) is 38.0 Å². The van der Waals surface area contributed by atoms with Gasteiger partial charge in [0.2, 0.25) is 0 Å². The summed E-state index contributed by atoms with van der Waals surface area (Å²) in [7, 11) is 1.97. The Hall–Kier alpha value is -1.55. The normalized spacial score (nSPS) is 10.7. The van der Waals surface area contributed by atoms with E-state index >= 15 is 0 Å². The molecule has 0 saturated heterocycles. The van der Waals surface area contributed by atoms with Crippen molar-refractivity contribution in [2.75, 3.05) is 6.54 Å². The number of aryl methyl sites for hydroxylation is 1. The van der Waals surface area contributed by atoms with Crippen molar-refractivity contribution in [1.82, 2.24) is 9.55 Å². The monoisotopic (exact) mass is 191 g/mol. The molecule has 0 unspecified atom stereocenters. The van der Waals surface area contributed by atoms with E-state index in [1.54, 1.807) is 6.20 Å². The highest BCUT2D eigenvalue weighted by Crippen LogP contribution is 2.20. The van der Waals surface area contributed by atoms with Crippen molar-refractivity contribution in [3.05, 3.63) is 30.5 Å².